The van der Waals surface area contributed by atoms with Crippen molar-refractivity contribution in [2.24, 2.45) is 17.3 Å². The highest BCUT2D eigenvalue weighted by atomic mass is 31.2. The Kier molecular flexibility index (Phi) is 15.1. The van der Waals surface area contributed by atoms with E-state index in [1.165, 1.54) is 7.11 Å². The molecule has 3 N–H and O–H groups in total. The quantitative estimate of drug-likeness (QED) is 0.0797. The highest BCUT2D eigenvalue weighted by Crippen LogP contribution is 2.57. The fourth-order valence-corrected chi connectivity index (χ4v) is 4.58. The summed E-state index contributed by atoms with van der Waals surface area (Å²) in [6.07, 6.45) is -3.04. The molecule has 1 aliphatic heterocycles. The van der Waals surface area contributed by atoms with Gasteiger partial charge >= 0.3 is 31.9 Å². The standard InChI is InChI=1S/C24H42N3O13P/c1-15(2)12-36-23(32)27-18(16(3)4)21(30)35-11-10-26-22(31)37-14-39-41(33)38-13-24(5,6)19(40-41)20(29)25-9-8-17(28)34-7/h15-16,18-19H,8-14H2,1-7H3,(H,25,29)(H,26,31)(H,27,32)/t18-,19-,41?/m0/s1. The number of carbonyl (C=O) groups excluding carboxylic acids is 5. The van der Waals surface area contributed by atoms with Crippen molar-refractivity contribution in [1.82, 2.24) is 16.0 Å². The predicted octanol–water partition coefficient (Wildman–Crippen LogP) is 1.87. The molecule has 41 heavy (non-hydrogen) atoms. The lowest BCUT2D eigenvalue weighted by atomic mass is 9.87. The summed E-state index contributed by atoms with van der Waals surface area (Å²) < 4.78 is 47.7. The molecule has 1 fully saturated rings. The van der Waals surface area contributed by atoms with Gasteiger partial charge in [-0.15, -0.1) is 0 Å². The lowest BCUT2D eigenvalue weighted by Crippen LogP contribution is -2.50. The van der Waals surface area contributed by atoms with Gasteiger partial charge in [-0.1, -0.05) is 41.5 Å². The number of carbonyl (C=O) groups is 5. The maximum atomic E-state index is 12.8. The molecule has 1 rings (SSSR count). The third-order valence-corrected chi connectivity index (χ3v) is 6.73. The molecule has 1 unspecified atom stereocenters. The first-order chi connectivity index (χ1) is 19.1. The second kappa shape index (κ2) is 17.1. The second-order valence-corrected chi connectivity index (χ2v) is 12.1. The van der Waals surface area contributed by atoms with Crippen LogP contribution in [0.15, 0.2) is 0 Å². The van der Waals surface area contributed by atoms with E-state index >= 15 is 0 Å². The molecule has 0 aromatic heterocycles. The zero-order valence-corrected chi connectivity index (χ0v) is 25.4. The minimum Gasteiger partial charge on any atom is -0.469 e. The number of alkyl carbamates (subject to hydrolysis) is 2. The first-order valence-electron chi connectivity index (χ1n) is 13.0. The van der Waals surface area contributed by atoms with Gasteiger partial charge in [0, 0.05) is 12.0 Å². The number of hydrogen-bond donors (Lipinski definition) is 3. The van der Waals surface area contributed by atoms with Crippen LogP contribution in [0.4, 0.5) is 9.59 Å². The van der Waals surface area contributed by atoms with Gasteiger partial charge in [-0.3, -0.25) is 18.6 Å². The van der Waals surface area contributed by atoms with Gasteiger partial charge in [-0.05, 0) is 11.8 Å². The average molecular weight is 612 g/mol. The number of nitrogens with one attached hydrogen (secondary N) is 3. The van der Waals surface area contributed by atoms with Crippen molar-refractivity contribution in [3.8, 4) is 0 Å². The van der Waals surface area contributed by atoms with Crippen molar-refractivity contribution in [2.75, 3.05) is 46.8 Å². The van der Waals surface area contributed by atoms with Crippen LogP contribution in [-0.4, -0.2) is 89.0 Å². The number of esters is 2. The maximum Gasteiger partial charge on any atom is 0.478 e. The summed E-state index contributed by atoms with van der Waals surface area (Å²) in [5, 5.41) is 7.26. The Hall–Kier alpha value is -2.94. The minimum atomic E-state index is -4.28. The maximum absolute atomic E-state index is 12.8. The molecule has 0 saturated carbocycles. The zero-order chi connectivity index (χ0) is 31.2. The molecule has 1 aliphatic rings. The van der Waals surface area contributed by atoms with Gasteiger partial charge < -0.3 is 34.9 Å². The van der Waals surface area contributed by atoms with E-state index in [0.717, 1.165) is 0 Å². The summed E-state index contributed by atoms with van der Waals surface area (Å²) in [5.41, 5.74) is -0.888. The van der Waals surface area contributed by atoms with Crippen LogP contribution < -0.4 is 16.0 Å². The Morgan fingerprint density at radius 2 is 1.66 bits per heavy atom. The molecular formula is C24H42N3O13P. The number of phosphoric ester groups is 1. The SMILES string of the molecule is COC(=O)CCNC(=O)[C@@H]1OP(=O)(OCOC(=O)NCCOC(=O)[C@@H](NC(=O)OCC(C)C)C(C)C)OCC1(C)C. The second-order valence-electron chi connectivity index (χ2n) is 10.4. The molecule has 0 aromatic carbocycles. The van der Waals surface area contributed by atoms with Gasteiger partial charge in [0.1, 0.15) is 12.6 Å². The molecular weight excluding hydrogens is 569 g/mol. The number of phosphoric acid groups is 1. The Bertz CT molecular complexity index is 957. The van der Waals surface area contributed by atoms with Gasteiger partial charge in [0.15, 0.2) is 6.10 Å². The van der Waals surface area contributed by atoms with Gasteiger partial charge in [-0.2, -0.15) is 0 Å². The fraction of sp³-hybridized carbons (Fsp3) is 0.792. The molecule has 0 aliphatic carbocycles. The smallest absolute Gasteiger partial charge is 0.469 e. The van der Waals surface area contributed by atoms with Crippen LogP contribution in [0.1, 0.15) is 48.0 Å². The van der Waals surface area contributed by atoms with Crippen LogP contribution in [0.2, 0.25) is 0 Å². The fourth-order valence-electron chi connectivity index (χ4n) is 3.07. The molecule has 1 saturated heterocycles. The molecule has 0 bridgehead atoms. The molecule has 236 valence electrons. The monoisotopic (exact) mass is 611 g/mol. The number of amides is 3. The van der Waals surface area contributed by atoms with E-state index in [1.807, 2.05) is 13.8 Å². The molecule has 3 amide bonds. The molecule has 1 heterocycles. The van der Waals surface area contributed by atoms with Crippen molar-refractivity contribution in [1.29, 1.82) is 0 Å². The number of ether oxygens (including phenoxy) is 4. The Morgan fingerprint density at radius 1 is 0.976 bits per heavy atom. The Balaban J connectivity index is 2.43. The third kappa shape index (κ3) is 13.5. The van der Waals surface area contributed by atoms with Crippen molar-refractivity contribution in [2.45, 2.75) is 60.1 Å². The Morgan fingerprint density at radius 3 is 2.27 bits per heavy atom. The van der Waals surface area contributed by atoms with E-state index in [-0.39, 0.29) is 51.2 Å². The highest BCUT2D eigenvalue weighted by molar-refractivity contribution is 7.48. The average Bonchev–Trinajstić information content (AvgIpc) is 2.89. The summed E-state index contributed by atoms with van der Waals surface area (Å²) in [4.78, 5) is 59.9. The van der Waals surface area contributed by atoms with Crippen LogP contribution in [0.3, 0.4) is 0 Å². The normalized spacial score (nSPS) is 20.5. The van der Waals surface area contributed by atoms with Crippen LogP contribution >= 0.6 is 7.82 Å². The first-order valence-corrected chi connectivity index (χ1v) is 14.5. The van der Waals surface area contributed by atoms with Crippen LogP contribution in [0, 0.1) is 17.3 Å². The zero-order valence-electron chi connectivity index (χ0n) is 24.5. The highest BCUT2D eigenvalue weighted by Gasteiger charge is 2.49. The van der Waals surface area contributed by atoms with E-state index < -0.39 is 62.2 Å². The topological polar surface area (TPSA) is 203 Å². The molecule has 0 aromatic rings. The largest absolute Gasteiger partial charge is 0.478 e. The molecule has 16 nitrogen and oxygen atoms in total. The van der Waals surface area contributed by atoms with Gasteiger partial charge in [0.2, 0.25) is 12.7 Å². The van der Waals surface area contributed by atoms with Crippen molar-refractivity contribution < 1.29 is 61.1 Å². The number of hydrogen-bond acceptors (Lipinski definition) is 13. The predicted molar refractivity (Wildman–Crippen MR) is 141 cm³/mol. The van der Waals surface area contributed by atoms with Crippen LogP contribution in [0.5, 0.6) is 0 Å². The van der Waals surface area contributed by atoms with Crippen LogP contribution in [-0.2, 0) is 51.5 Å². The first kappa shape index (κ1) is 36.1. The van der Waals surface area contributed by atoms with Gasteiger partial charge in [0.25, 0.3) is 0 Å². The summed E-state index contributed by atoms with van der Waals surface area (Å²) in [6.45, 7) is 9.28. The summed E-state index contributed by atoms with van der Waals surface area (Å²) in [6, 6.07) is -0.952. The summed E-state index contributed by atoms with van der Waals surface area (Å²) in [5.74, 6) is -2.02. The molecule has 17 heteroatoms. The van der Waals surface area contributed by atoms with E-state index in [2.05, 4.69) is 20.7 Å². The number of methoxy groups -OCH3 is 1. The van der Waals surface area contributed by atoms with Crippen molar-refractivity contribution in [3.05, 3.63) is 0 Å². The molecule has 0 spiro atoms. The van der Waals surface area contributed by atoms with E-state index in [9.17, 15) is 28.5 Å². The van der Waals surface area contributed by atoms with Crippen molar-refractivity contribution >= 4 is 37.9 Å². The summed E-state index contributed by atoms with van der Waals surface area (Å²) >= 11 is 0. The van der Waals surface area contributed by atoms with E-state index in [0.29, 0.717) is 0 Å². The van der Waals surface area contributed by atoms with Gasteiger partial charge in [0.05, 0.1) is 33.3 Å². The van der Waals surface area contributed by atoms with Crippen molar-refractivity contribution in [3.63, 3.8) is 0 Å². The van der Waals surface area contributed by atoms with Crippen LogP contribution in [0.25, 0.3) is 0 Å². The van der Waals surface area contributed by atoms with Gasteiger partial charge in [-0.25, -0.2) is 23.5 Å². The Labute approximate surface area is 239 Å². The number of rotatable bonds is 15. The molecule has 3 atom stereocenters. The van der Waals surface area contributed by atoms with E-state index in [1.54, 1.807) is 27.7 Å². The third-order valence-electron chi connectivity index (χ3n) is 5.39. The lowest BCUT2D eigenvalue weighted by Gasteiger charge is -2.39. The lowest BCUT2D eigenvalue weighted by molar-refractivity contribution is -0.147. The van der Waals surface area contributed by atoms with E-state index in [4.69, 9.17) is 27.8 Å². The minimum absolute atomic E-state index is 0.0223. The molecule has 0 radical (unpaired) electrons. The summed E-state index contributed by atoms with van der Waals surface area (Å²) in [7, 11) is -3.06.